The van der Waals surface area contributed by atoms with E-state index in [4.69, 9.17) is 0 Å². The fraction of sp³-hybridized carbons (Fsp3) is 0.500. The predicted molar refractivity (Wildman–Crippen MR) is 77.3 cm³/mol. The number of hydrogen-bond donors (Lipinski definition) is 1. The van der Waals surface area contributed by atoms with E-state index < -0.39 is 4.92 Å². The summed E-state index contributed by atoms with van der Waals surface area (Å²) in [6, 6.07) is 6.10. The second-order valence-electron chi connectivity index (χ2n) is 4.54. The van der Waals surface area contributed by atoms with Crippen molar-refractivity contribution in [3.8, 4) is 0 Å². The van der Waals surface area contributed by atoms with E-state index in [0.29, 0.717) is 19.6 Å². The molecule has 1 N–H and O–H groups in total. The molecule has 0 aliphatic carbocycles. The van der Waals surface area contributed by atoms with Gasteiger partial charge in [0.1, 0.15) is 0 Å². The SMILES string of the molecule is CCN(CC)C(=O)C(C)NCc1cccc([N+](=O)[O-])c1. The van der Waals surface area contributed by atoms with E-state index in [1.54, 1.807) is 24.0 Å². The quantitative estimate of drug-likeness (QED) is 0.611. The molecule has 6 heteroatoms. The molecule has 1 aromatic rings. The van der Waals surface area contributed by atoms with Crippen molar-refractivity contribution in [2.45, 2.75) is 33.4 Å². The van der Waals surface area contributed by atoms with Gasteiger partial charge in [-0.05, 0) is 26.3 Å². The van der Waals surface area contributed by atoms with Gasteiger partial charge in [-0.25, -0.2) is 0 Å². The summed E-state index contributed by atoms with van der Waals surface area (Å²) in [6.45, 7) is 7.47. The fourth-order valence-electron chi connectivity index (χ4n) is 1.95. The van der Waals surface area contributed by atoms with Crippen LogP contribution in [-0.4, -0.2) is 34.9 Å². The van der Waals surface area contributed by atoms with Gasteiger partial charge in [-0.1, -0.05) is 12.1 Å². The topological polar surface area (TPSA) is 75.5 Å². The van der Waals surface area contributed by atoms with Crippen LogP contribution < -0.4 is 5.32 Å². The Labute approximate surface area is 118 Å². The normalized spacial score (nSPS) is 11.9. The number of carbonyl (C=O) groups is 1. The molecule has 0 heterocycles. The van der Waals surface area contributed by atoms with Crippen molar-refractivity contribution in [1.29, 1.82) is 0 Å². The summed E-state index contributed by atoms with van der Waals surface area (Å²) in [4.78, 5) is 24.1. The van der Waals surface area contributed by atoms with Gasteiger partial charge in [0.15, 0.2) is 0 Å². The Kier molecular flexibility index (Phi) is 6.11. The molecule has 6 nitrogen and oxygen atoms in total. The summed E-state index contributed by atoms with van der Waals surface area (Å²) in [5.41, 5.74) is 0.852. The van der Waals surface area contributed by atoms with Crippen molar-refractivity contribution in [3.05, 3.63) is 39.9 Å². The number of benzene rings is 1. The van der Waals surface area contributed by atoms with Gasteiger partial charge in [0.2, 0.25) is 5.91 Å². The van der Waals surface area contributed by atoms with Crippen LogP contribution in [0.3, 0.4) is 0 Å². The molecule has 1 amide bonds. The van der Waals surface area contributed by atoms with Gasteiger partial charge in [-0.15, -0.1) is 0 Å². The Morgan fingerprint density at radius 2 is 2.05 bits per heavy atom. The van der Waals surface area contributed by atoms with Crippen LogP contribution in [0, 0.1) is 10.1 Å². The van der Waals surface area contributed by atoms with Gasteiger partial charge in [0.05, 0.1) is 11.0 Å². The van der Waals surface area contributed by atoms with Gasteiger partial charge in [0, 0.05) is 31.8 Å². The molecule has 0 fully saturated rings. The van der Waals surface area contributed by atoms with Crippen LogP contribution in [0.15, 0.2) is 24.3 Å². The summed E-state index contributed by atoms with van der Waals surface area (Å²) in [5, 5.41) is 13.8. The monoisotopic (exact) mass is 279 g/mol. The number of non-ortho nitro benzene ring substituents is 1. The molecule has 20 heavy (non-hydrogen) atoms. The van der Waals surface area contributed by atoms with E-state index in [0.717, 1.165) is 5.56 Å². The van der Waals surface area contributed by atoms with Crippen LogP contribution in [0.1, 0.15) is 26.3 Å². The molecule has 1 unspecified atom stereocenters. The molecule has 0 aliphatic heterocycles. The van der Waals surface area contributed by atoms with E-state index in [2.05, 4.69) is 5.32 Å². The maximum absolute atomic E-state index is 12.1. The molecular formula is C14H21N3O3. The molecule has 1 atom stereocenters. The Morgan fingerprint density at radius 1 is 1.40 bits per heavy atom. The minimum Gasteiger partial charge on any atom is -0.342 e. The molecule has 0 aliphatic rings. The third-order valence-electron chi connectivity index (χ3n) is 3.18. The van der Waals surface area contributed by atoms with E-state index in [-0.39, 0.29) is 17.6 Å². The van der Waals surface area contributed by atoms with Gasteiger partial charge < -0.3 is 10.2 Å². The molecule has 0 saturated heterocycles. The van der Waals surface area contributed by atoms with Gasteiger partial charge >= 0.3 is 0 Å². The summed E-state index contributed by atoms with van der Waals surface area (Å²) >= 11 is 0. The van der Waals surface area contributed by atoms with Gasteiger partial charge in [-0.3, -0.25) is 14.9 Å². The van der Waals surface area contributed by atoms with Crippen molar-refractivity contribution in [1.82, 2.24) is 10.2 Å². The maximum Gasteiger partial charge on any atom is 0.269 e. The summed E-state index contributed by atoms with van der Waals surface area (Å²) in [5.74, 6) is 0.0421. The van der Waals surface area contributed by atoms with Crippen LogP contribution in [0.4, 0.5) is 5.69 Å². The van der Waals surface area contributed by atoms with Crippen LogP contribution >= 0.6 is 0 Å². The zero-order valence-electron chi connectivity index (χ0n) is 12.1. The number of nitro groups is 1. The summed E-state index contributed by atoms with van der Waals surface area (Å²) in [7, 11) is 0. The highest BCUT2D eigenvalue weighted by molar-refractivity contribution is 5.81. The standard InChI is InChI=1S/C14H21N3O3/c1-4-16(5-2)14(18)11(3)15-10-12-7-6-8-13(9-12)17(19)20/h6-9,11,15H,4-5,10H2,1-3H3. The Hall–Kier alpha value is -1.95. The van der Waals surface area contributed by atoms with Crippen molar-refractivity contribution in [2.75, 3.05) is 13.1 Å². The maximum atomic E-state index is 12.1. The Bertz CT molecular complexity index is 472. The number of likely N-dealkylation sites (N-methyl/N-ethyl adjacent to an activating group) is 1. The minimum absolute atomic E-state index is 0.0421. The van der Waals surface area contributed by atoms with Crippen molar-refractivity contribution < 1.29 is 9.72 Å². The largest absolute Gasteiger partial charge is 0.342 e. The first kappa shape index (κ1) is 16.1. The van der Waals surface area contributed by atoms with Gasteiger partial charge in [-0.2, -0.15) is 0 Å². The minimum atomic E-state index is -0.423. The lowest BCUT2D eigenvalue weighted by molar-refractivity contribution is -0.384. The Morgan fingerprint density at radius 3 is 2.60 bits per heavy atom. The number of rotatable bonds is 7. The first-order valence-electron chi connectivity index (χ1n) is 6.75. The number of amides is 1. The van der Waals surface area contributed by atoms with Crippen molar-refractivity contribution in [2.24, 2.45) is 0 Å². The third-order valence-corrected chi connectivity index (χ3v) is 3.18. The zero-order chi connectivity index (χ0) is 15.1. The third kappa shape index (κ3) is 4.31. The lowest BCUT2D eigenvalue weighted by Gasteiger charge is -2.23. The summed E-state index contributed by atoms with van der Waals surface area (Å²) < 4.78 is 0. The highest BCUT2D eigenvalue weighted by Gasteiger charge is 2.17. The van der Waals surface area contributed by atoms with Crippen LogP contribution in [0.25, 0.3) is 0 Å². The predicted octanol–water partition coefficient (Wildman–Crippen LogP) is 1.94. The molecule has 0 saturated carbocycles. The molecule has 0 bridgehead atoms. The van der Waals surface area contributed by atoms with E-state index in [9.17, 15) is 14.9 Å². The van der Waals surface area contributed by atoms with Crippen molar-refractivity contribution >= 4 is 11.6 Å². The molecule has 0 spiro atoms. The second-order valence-corrected chi connectivity index (χ2v) is 4.54. The highest BCUT2D eigenvalue weighted by Crippen LogP contribution is 2.13. The Balaban J connectivity index is 2.60. The molecule has 1 rings (SSSR count). The number of nitro benzene ring substituents is 1. The second kappa shape index (κ2) is 7.59. The lowest BCUT2D eigenvalue weighted by atomic mass is 10.2. The zero-order valence-corrected chi connectivity index (χ0v) is 12.1. The van der Waals surface area contributed by atoms with E-state index in [1.165, 1.54) is 12.1 Å². The molecular weight excluding hydrogens is 258 g/mol. The fourth-order valence-corrected chi connectivity index (χ4v) is 1.95. The molecule has 0 aromatic heterocycles. The lowest BCUT2D eigenvalue weighted by Crippen LogP contribution is -2.44. The average molecular weight is 279 g/mol. The van der Waals surface area contributed by atoms with Crippen LogP contribution in [0.2, 0.25) is 0 Å². The molecule has 0 radical (unpaired) electrons. The highest BCUT2D eigenvalue weighted by atomic mass is 16.6. The first-order chi connectivity index (χ1) is 9.49. The van der Waals surface area contributed by atoms with Crippen molar-refractivity contribution in [3.63, 3.8) is 0 Å². The number of hydrogen-bond acceptors (Lipinski definition) is 4. The molecule has 110 valence electrons. The van der Waals surface area contributed by atoms with Crippen LogP contribution in [-0.2, 0) is 11.3 Å². The first-order valence-corrected chi connectivity index (χ1v) is 6.75. The van der Waals surface area contributed by atoms with Crippen LogP contribution in [0.5, 0.6) is 0 Å². The van der Waals surface area contributed by atoms with Gasteiger partial charge in [0.25, 0.3) is 5.69 Å². The number of nitrogens with one attached hydrogen (secondary N) is 1. The average Bonchev–Trinajstić information content (AvgIpc) is 2.46. The van der Waals surface area contributed by atoms with E-state index in [1.807, 2.05) is 13.8 Å². The summed E-state index contributed by atoms with van der Waals surface area (Å²) in [6.07, 6.45) is 0. The number of carbonyl (C=O) groups excluding carboxylic acids is 1. The van der Waals surface area contributed by atoms with E-state index >= 15 is 0 Å². The smallest absolute Gasteiger partial charge is 0.269 e. The number of nitrogens with zero attached hydrogens (tertiary/aromatic N) is 2. The molecule has 1 aromatic carbocycles.